The first-order valence-corrected chi connectivity index (χ1v) is 4.30. The fourth-order valence-corrected chi connectivity index (χ4v) is 1.18. The minimum Gasteiger partial charge on any atom is -0.480 e. The van der Waals surface area contributed by atoms with Crippen LogP contribution in [0.2, 0.25) is 0 Å². The summed E-state index contributed by atoms with van der Waals surface area (Å²) in [5.74, 6) is -0.577. The van der Waals surface area contributed by atoms with Crippen LogP contribution in [-0.4, -0.2) is 23.7 Å². The van der Waals surface area contributed by atoms with E-state index in [-0.39, 0.29) is 0 Å². The number of carboxylic acids is 1. The summed E-state index contributed by atoms with van der Waals surface area (Å²) in [4.78, 5) is 10.4. The summed E-state index contributed by atoms with van der Waals surface area (Å²) < 4.78 is 0. The second kappa shape index (κ2) is 5.97. The topological polar surface area (TPSA) is 89.3 Å². The normalized spacial score (nSPS) is 15.6. The van der Waals surface area contributed by atoms with Crippen molar-refractivity contribution in [3.63, 3.8) is 0 Å². The minimum atomic E-state index is -0.925. The van der Waals surface area contributed by atoms with E-state index in [9.17, 15) is 4.79 Å². The number of aliphatic carboxylic acids is 1. The maximum atomic E-state index is 10.4. The van der Waals surface area contributed by atoms with Crippen LogP contribution in [0.3, 0.4) is 0 Å². The maximum Gasteiger partial charge on any atom is 0.320 e. The Morgan fingerprint density at radius 1 is 1.58 bits per heavy atom. The summed E-state index contributed by atoms with van der Waals surface area (Å²) in [6.45, 7) is 2.62. The van der Waals surface area contributed by atoms with Crippen LogP contribution in [0.15, 0.2) is 0 Å². The van der Waals surface area contributed by atoms with Crippen LogP contribution in [0.1, 0.15) is 26.2 Å². The molecule has 0 amide bonds. The van der Waals surface area contributed by atoms with E-state index in [0.717, 1.165) is 12.8 Å². The van der Waals surface area contributed by atoms with Crippen LogP contribution in [0.25, 0.3) is 0 Å². The molecule has 0 fully saturated rings. The van der Waals surface area contributed by atoms with Gasteiger partial charge in [0.25, 0.3) is 0 Å². The van der Waals surface area contributed by atoms with Gasteiger partial charge in [0.15, 0.2) is 0 Å². The summed E-state index contributed by atoms with van der Waals surface area (Å²) in [6, 6.07) is -0.735. The molecule has 0 rings (SSSR count). The first kappa shape index (κ1) is 11.4. The summed E-state index contributed by atoms with van der Waals surface area (Å²) in [7, 11) is 0. The second-order valence-electron chi connectivity index (χ2n) is 3.03. The fourth-order valence-electron chi connectivity index (χ4n) is 1.18. The molecule has 1 unspecified atom stereocenters. The highest BCUT2D eigenvalue weighted by atomic mass is 16.4. The second-order valence-corrected chi connectivity index (χ2v) is 3.03. The number of rotatable bonds is 6. The first-order valence-electron chi connectivity index (χ1n) is 4.30. The maximum absolute atomic E-state index is 10.4. The summed E-state index contributed by atoms with van der Waals surface area (Å²) in [5, 5.41) is 8.54. The molecular formula is C8H18N2O2. The van der Waals surface area contributed by atoms with Crippen molar-refractivity contribution in [2.45, 2.75) is 32.2 Å². The zero-order valence-corrected chi connectivity index (χ0v) is 7.49. The molecule has 0 heterocycles. The molecule has 4 heteroatoms. The molecule has 5 N–H and O–H groups in total. The molecule has 0 aliphatic rings. The lowest BCUT2D eigenvalue weighted by Crippen LogP contribution is -2.32. The minimum absolute atomic E-state index is 0.348. The number of hydrogen-bond acceptors (Lipinski definition) is 3. The Labute approximate surface area is 72.9 Å². The third-order valence-electron chi connectivity index (χ3n) is 2.06. The number of carbonyl (C=O) groups is 1. The standard InChI is InChI=1S/C8H18N2O2/c1-2-6(3-4-9)5-7(10)8(11)12/h6-7H,2-5,9-10H2,1H3,(H,11,12)/t6?,7-/m0/s1. The molecule has 0 aromatic carbocycles. The monoisotopic (exact) mass is 174 g/mol. The van der Waals surface area contributed by atoms with Crippen LogP contribution in [0, 0.1) is 5.92 Å². The highest BCUT2D eigenvalue weighted by Crippen LogP contribution is 2.13. The summed E-state index contributed by atoms with van der Waals surface area (Å²) in [6.07, 6.45) is 2.33. The Morgan fingerprint density at radius 2 is 2.17 bits per heavy atom. The zero-order chi connectivity index (χ0) is 9.56. The lowest BCUT2D eigenvalue weighted by molar-refractivity contribution is -0.139. The van der Waals surface area contributed by atoms with Crippen molar-refractivity contribution in [1.82, 2.24) is 0 Å². The van der Waals surface area contributed by atoms with Gasteiger partial charge in [0, 0.05) is 0 Å². The van der Waals surface area contributed by atoms with E-state index in [1.807, 2.05) is 6.92 Å². The summed E-state index contributed by atoms with van der Waals surface area (Å²) >= 11 is 0. The Hall–Kier alpha value is -0.610. The zero-order valence-electron chi connectivity index (χ0n) is 7.49. The molecule has 0 saturated carbocycles. The van der Waals surface area contributed by atoms with Gasteiger partial charge in [-0.1, -0.05) is 13.3 Å². The van der Waals surface area contributed by atoms with Gasteiger partial charge in [-0.2, -0.15) is 0 Å². The smallest absolute Gasteiger partial charge is 0.320 e. The number of nitrogens with two attached hydrogens (primary N) is 2. The Morgan fingerprint density at radius 3 is 2.50 bits per heavy atom. The van der Waals surface area contributed by atoms with E-state index in [4.69, 9.17) is 16.6 Å². The van der Waals surface area contributed by atoms with Crippen molar-refractivity contribution in [3.05, 3.63) is 0 Å². The Bertz CT molecular complexity index is 139. The quantitative estimate of drug-likeness (QED) is 0.535. The summed E-state index contributed by atoms with van der Waals surface area (Å²) in [5.41, 5.74) is 10.8. The molecule has 4 nitrogen and oxygen atoms in total. The molecule has 0 radical (unpaired) electrons. The van der Waals surface area contributed by atoms with Gasteiger partial charge in [0.2, 0.25) is 0 Å². The Balaban J connectivity index is 3.76. The molecule has 0 spiro atoms. The van der Waals surface area contributed by atoms with Crippen molar-refractivity contribution in [3.8, 4) is 0 Å². The van der Waals surface area contributed by atoms with Crippen LogP contribution >= 0.6 is 0 Å². The molecule has 0 aromatic heterocycles. The highest BCUT2D eigenvalue weighted by Gasteiger charge is 2.16. The van der Waals surface area contributed by atoms with Crippen molar-refractivity contribution in [1.29, 1.82) is 0 Å². The predicted molar refractivity (Wildman–Crippen MR) is 47.7 cm³/mol. The van der Waals surface area contributed by atoms with Crippen LogP contribution in [0.5, 0.6) is 0 Å². The third-order valence-corrected chi connectivity index (χ3v) is 2.06. The van der Waals surface area contributed by atoms with Crippen molar-refractivity contribution < 1.29 is 9.90 Å². The van der Waals surface area contributed by atoms with Crippen molar-refractivity contribution in [2.75, 3.05) is 6.54 Å². The Kier molecular flexibility index (Phi) is 5.66. The van der Waals surface area contributed by atoms with Gasteiger partial charge >= 0.3 is 5.97 Å². The third kappa shape index (κ3) is 4.31. The van der Waals surface area contributed by atoms with E-state index in [0.29, 0.717) is 18.9 Å². The lowest BCUT2D eigenvalue weighted by Gasteiger charge is -2.15. The van der Waals surface area contributed by atoms with E-state index in [1.54, 1.807) is 0 Å². The predicted octanol–water partition coefficient (Wildman–Crippen LogP) is 0.163. The van der Waals surface area contributed by atoms with Crippen LogP contribution in [-0.2, 0) is 4.79 Å². The highest BCUT2D eigenvalue weighted by molar-refractivity contribution is 5.72. The van der Waals surface area contributed by atoms with E-state index < -0.39 is 12.0 Å². The van der Waals surface area contributed by atoms with Gasteiger partial charge in [0.1, 0.15) is 6.04 Å². The molecule has 0 aromatic rings. The average Bonchev–Trinajstić information content (AvgIpc) is 2.03. The molecular weight excluding hydrogens is 156 g/mol. The largest absolute Gasteiger partial charge is 0.480 e. The number of hydrogen-bond donors (Lipinski definition) is 3. The lowest BCUT2D eigenvalue weighted by atomic mass is 9.94. The molecule has 72 valence electrons. The molecule has 0 saturated heterocycles. The van der Waals surface area contributed by atoms with Gasteiger partial charge in [-0.15, -0.1) is 0 Å². The number of carboxylic acid groups (broad SMARTS) is 1. The van der Waals surface area contributed by atoms with Crippen molar-refractivity contribution >= 4 is 5.97 Å². The van der Waals surface area contributed by atoms with Gasteiger partial charge < -0.3 is 16.6 Å². The van der Waals surface area contributed by atoms with Crippen LogP contribution < -0.4 is 11.5 Å². The molecule has 2 atom stereocenters. The van der Waals surface area contributed by atoms with Gasteiger partial charge in [-0.05, 0) is 25.3 Å². The van der Waals surface area contributed by atoms with Gasteiger partial charge in [-0.3, -0.25) is 4.79 Å². The van der Waals surface area contributed by atoms with E-state index in [1.165, 1.54) is 0 Å². The first-order chi connectivity index (χ1) is 5.61. The molecule has 12 heavy (non-hydrogen) atoms. The van der Waals surface area contributed by atoms with Crippen molar-refractivity contribution in [2.24, 2.45) is 17.4 Å². The SMILES string of the molecule is CCC(CCN)C[C@H](N)C(=O)O. The van der Waals surface area contributed by atoms with E-state index in [2.05, 4.69) is 0 Å². The molecule has 0 aliphatic carbocycles. The molecule has 0 aliphatic heterocycles. The van der Waals surface area contributed by atoms with Gasteiger partial charge in [0.05, 0.1) is 0 Å². The van der Waals surface area contributed by atoms with Gasteiger partial charge in [-0.25, -0.2) is 0 Å². The average molecular weight is 174 g/mol. The van der Waals surface area contributed by atoms with Crippen LogP contribution in [0.4, 0.5) is 0 Å². The molecule has 0 bridgehead atoms. The van der Waals surface area contributed by atoms with E-state index >= 15 is 0 Å². The fraction of sp³-hybridized carbons (Fsp3) is 0.875.